The maximum Gasteiger partial charge on any atom is 0.347 e. The van der Waals surface area contributed by atoms with E-state index in [1.54, 1.807) is 0 Å². The summed E-state index contributed by atoms with van der Waals surface area (Å²) < 4.78 is 23.5. The molecule has 2 aromatic rings. The standard InChI is InChI=1S/C20H21FN2O5S/c1-10(28-20(26)11(2)27-13-8-6-12(21)7-9-13)18(25)23-19-16(17(22)24)14-4-3-5-15(14)29-19/h6-11H,3-5H2,1-2H3,(H2,22,24)(H,23,25)/t10-,11-/m1/s1. The number of aryl methyl sites for hydroxylation is 1. The topological polar surface area (TPSA) is 108 Å². The Morgan fingerprint density at radius 2 is 1.83 bits per heavy atom. The van der Waals surface area contributed by atoms with Crippen molar-refractivity contribution in [3.05, 3.63) is 46.1 Å². The quantitative estimate of drug-likeness (QED) is 0.670. The number of carbonyl (C=O) groups excluding carboxylic acids is 3. The highest BCUT2D eigenvalue weighted by Crippen LogP contribution is 2.38. The van der Waals surface area contributed by atoms with Crippen molar-refractivity contribution in [3.63, 3.8) is 0 Å². The van der Waals surface area contributed by atoms with Gasteiger partial charge in [-0.25, -0.2) is 9.18 Å². The van der Waals surface area contributed by atoms with Gasteiger partial charge in [0.05, 0.1) is 5.56 Å². The van der Waals surface area contributed by atoms with E-state index in [1.165, 1.54) is 49.4 Å². The van der Waals surface area contributed by atoms with Gasteiger partial charge >= 0.3 is 5.97 Å². The van der Waals surface area contributed by atoms with Crippen molar-refractivity contribution in [1.29, 1.82) is 0 Å². The van der Waals surface area contributed by atoms with Crippen molar-refractivity contribution in [1.82, 2.24) is 0 Å². The third kappa shape index (κ3) is 4.73. The molecule has 0 unspecified atom stereocenters. The number of primary amides is 1. The molecule has 1 aromatic carbocycles. The molecule has 0 fully saturated rings. The fourth-order valence-corrected chi connectivity index (χ4v) is 4.35. The lowest BCUT2D eigenvalue weighted by molar-refractivity contribution is -0.159. The van der Waals surface area contributed by atoms with Crippen molar-refractivity contribution < 1.29 is 28.2 Å². The summed E-state index contributed by atoms with van der Waals surface area (Å²) in [5, 5.41) is 3.02. The Bertz CT molecular complexity index is 941. The third-order valence-corrected chi connectivity index (χ3v) is 5.73. The molecule has 0 saturated carbocycles. The van der Waals surface area contributed by atoms with Gasteiger partial charge < -0.3 is 20.5 Å². The molecule has 29 heavy (non-hydrogen) atoms. The molecule has 1 aromatic heterocycles. The molecule has 7 nitrogen and oxygen atoms in total. The van der Waals surface area contributed by atoms with Crippen molar-refractivity contribution in [2.75, 3.05) is 5.32 Å². The normalized spacial score (nSPS) is 14.6. The molecular weight excluding hydrogens is 399 g/mol. The van der Waals surface area contributed by atoms with Gasteiger partial charge in [0.2, 0.25) is 0 Å². The monoisotopic (exact) mass is 420 g/mol. The first-order valence-corrected chi connectivity index (χ1v) is 9.95. The fraction of sp³-hybridized carbons (Fsp3) is 0.350. The Kier molecular flexibility index (Phi) is 6.17. The molecule has 9 heteroatoms. The van der Waals surface area contributed by atoms with Crippen LogP contribution in [0.3, 0.4) is 0 Å². The zero-order valence-electron chi connectivity index (χ0n) is 16.0. The van der Waals surface area contributed by atoms with Crippen molar-refractivity contribution in [3.8, 4) is 5.75 Å². The molecule has 0 aliphatic heterocycles. The third-order valence-electron chi connectivity index (χ3n) is 4.53. The van der Waals surface area contributed by atoms with Crippen LogP contribution in [0.25, 0.3) is 0 Å². The summed E-state index contributed by atoms with van der Waals surface area (Å²) in [4.78, 5) is 37.5. The highest BCUT2D eigenvalue weighted by Gasteiger charge is 2.28. The number of benzene rings is 1. The molecule has 0 spiro atoms. The molecule has 2 atom stereocenters. The Morgan fingerprint density at radius 3 is 2.48 bits per heavy atom. The average molecular weight is 420 g/mol. The zero-order chi connectivity index (χ0) is 21.1. The van der Waals surface area contributed by atoms with E-state index >= 15 is 0 Å². The molecule has 154 valence electrons. The van der Waals surface area contributed by atoms with E-state index in [1.807, 2.05) is 0 Å². The van der Waals surface area contributed by atoms with E-state index in [-0.39, 0.29) is 0 Å². The summed E-state index contributed by atoms with van der Waals surface area (Å²) in [5.41, 5.74) is 6.71. The van der Waals surface area contributed by atoms with E-state index < -0.39 is 35.8 Å². The molecular formula is C20H21FN2O5S. The van der Waals surface area contributed by atoms with Gasteiger partial charge in [0.15, 0.2) is 12.2 Å². The van der Waals surface area contributed by atoms with E-state index in [4.69, 9.17) is 15.2 Å². The minimum atomic E-state index is -1.11. The second-order valence-corrected chi connectivity index (χ2v) is 7.81. The summed E-state index contributed by atoms with van der Waals surface area (Å²) in [5.74, 6) is -2.04. The molecule has 0 bridgehead atoms. The van der Waals surface area contributed by atoms with Gasteiger partial charge in [-0.15, -0.1) is 11.3 Å². The van der Waals surface area contributed by atoms with Gasteiger partial charge in [0.1, 0.15) is 16.6 Å². The summed E-state index contributed by atoms with van der Waals surface area (Å²) >= 11 is 1.32. The number of carbonyl (C=O) groups is 3. The molecule has 3 rings (SSSR count). The lowest BCUT2D eigenvalue weighted by Gasteiger charge is -2.17. The Labute approximate surface area is 171 Å². The van der Waals surface area contributed by atoms with E-state index in [0.29, 0.717) is 16.3 Å². The number of hydrogen-bond acceptors (Lipinski definition) is 6. The smallest absolute Gasteiger partial charge is 0.347 e. The lowest BCUT2D eigenvalue weighted by atomic mass is 10.1. The number of anilines is 1. The van der Waals surface area contributed by atoms with Gasteiger partial charge in [0.25, 0.3) is 11.8 Å². The number of thiophene rings is 1. The molecule has 1 aliphatic rings. The zero-order valence-corrected chi connectivity index (χ0v) is 16.8. The van der Waals surface area contributed by atoms with Crippen LogP contribution in [0.1, 0.15) is 41.1 Å². The van der Waals surface area contributed by atoms with Crippen molar-refractivity contribution in [2.24, 2.45) is 5.73 Å². The van der Waals surface area contributed by atoms with E-state index in [2.05, 4.69) is 5.32 Å². The van der Waals surface area contributed by atoms with Gasteiger partial charge in [-0.1, -0.05) is 0 Å². The SMILES string of the molecule is C[C@@H](OC(=O)[C@@H](C)Oc1ccc(F)cc1)C(=O)Nc1sc2c(c1C(N)=O)CCC2. The molecule has 1 heterocycles. The number of nitrogens with one attached hydrogen (secondary N) is 1. The first-order valence-electron chi connectivity index (χ1n) is 9.14. The molecule has 2 amide bonds. The largest absolute Gasteiger partial charge is 0.479 e. The van der Waals surface area contributed by atoms with Gasteiger partial charge in [-0.05, 0) is 62.9 Å². The number of rotatable bonds is 7. The van der Waals surface area contributed by atoms with E-state index in [0.717, 1.165) is 29.7 Å². The highest BCUT2D eigenvalue weighted by atomic mass is 32.1. The minimum absolute atomic E-state index is 0.298. The number of esters is 1. The first-order chi connectivity index (χ1) is 13.8. The van der Waals surface area contributed by atoms with Crippen LogP contribution in [0, 0.1) is 5.82 Å². The number of ether oxygens (including phenoxy) is 2. The summed E-state index contributed by atoms with van der Waals surface area (Å²) in [6.07, 6.45) is 0.444. The predicted molar refractivity (Wildman–Crippen MR) is 106 cm³/mol. The molecule has 0 radical (unpaired) electrons. The van der Waals surface area contributed by atoms with Crippen LogP contribution in [-0.2, 0) is 27.2 Å². The molecule has 0 saturated heterocycles. The van der Waals surface area contributed by atoms with Crippen molar-refractivity contribution in [2.45, 2.75) is 45.3 Å². The lowest BCUT2D eigenvalue weighted by Crippen LogP contribution is -2.35. The van der Waals surface area contributed by atoms with Crippen LogP contribution in [0.2, 0.25) is 0 Å². The second-order valence-electron chi connectivity index (χ2n) is 6.71. The minimum Gasteiger partial charge on any atom is -0.479 e. The van der Waals surface area contributed by atoms with E-state index in [9.17, 15) is 18.8 Å². The first kappa shape index (κ1) is 20.8. The van der Waals surface area contributed by atoms with Crippen LogP contribution in [0.5, 0.6) is 5.75 Å². The van der Waals surface area contributed by atoms with Gasteiger partial charge in [-0.2, -0.15) is 0 Å². The summed E-state index contributed by atoms with van der Waals surface area (Å²) in [7, 11) is 0. The van der Waals surface area contributed by atoms with Crippen LogP contribution in [0.4, 0.5) is 9.39 Å². The predicted octanol–water partition coefficient (Wildman–Crippen LogP) is 2.81. The number of amides is 2. The molecule has 1 aliphatic carbocycles. The van der Waals surface area contributed by atoms with Crippen LogP contribution >= 0.6 is 11.3 Å². The van der Waals surface area contributed by atoms with Crippen LogP contribution < -0.4 is 15.8 Å². The Morgan fingerprint density at radius 1 is 1.14 bits per heavy atom. The summed E-state index contributed by atoms with van der Waals surface area (Å²) in [6, 6.07) is 5.18. The summed E-state index contributed by atoms with van der Waals surface area (Å²) in [6.45, 7) is 2.88. The maximum absolute atomic E-state index is 12.9. The number of fused-ring (bicyclic) bond motifs is 1. The maximum atomic E-state index is 12.9. The fourth-order valence-electron chi connectivity index (χ4n) is 3.06. The van der Waals surface area contributed by atoms with Gasteiger partial charge in [-0.3, -0.25) is 9.59 Å². The Balaban J connectivity index is 1.60. The molecule has 3 N–H and O–H groups in total. The Hall–Kier alpha value is -2.94. The van der Waals surface area contributed by atoms with Gasteiger partial charge in [0, 0.05) is 4.88 Å². The second kappa shape index (κ2) is 8.60. The van der Waals surface area contributed by atoms with Crippen LogP contribution in [0.15, 0.2) is 24.3 Å². The average Bonchev–Trinajstić information content (AvgIpc) is 3.23. The number of halogens is 1. The number of nitrogens with two attached hydrogens (primary N) is 1. The number of hydrogen-bond donors (Lipinski definition) is 2. The van der Waals surface area contributed by atoms with Crippen molar-refractivity contribution >= 4 is 34.1 Å². The highest BCUT2D eigenvalue weighted by molar-refractivity contribution is 7.17. The van der Waals surface area contributed by atoms with Crippen LogP contribution in [-0.4, -0.2) is 30.0 Å².